The lowest BCUT2D eigenvalue weighted by atomic mass is 10.1. The molecule has 0 aliphatic carbocycles. The number of carbonyl (C=O) groups excluding carboxylic acids is 1. The topological polar surface area (TPSA) is 50.8 Å². The maximum Gasteiger partial charge on any atom is 0.387 e. The molecule has 0 saturated carbocycles. The Morgan fingerprint density at radius 1 is 1.18 bits per heavy atom. The first-order valence-corrected chi connectivity index (χ1v) is 9.12. The number of hydrogen-bond donors (Lipinski definition) is 1. The van der Waals surface area contributed by atoms with Crippen molar-refractivity contribution in [3.8, 4) is 11.5 Å². The zero-order valence-electron chi connectivity index (χ0n) is 16.4. The van der Waals surface area contributed by atoms with Crippen molar-refractivity contribution in [3.05, 3.63) is 53.6 Å². The summed E-state index contributed by atoms with van der Waals surface area (Å²) in [4.78, 5) is 14.5. The van der Waals surface area contributed by atoms with Crippen LogP contribution >= 0.6 is 0 Å². The van der Waals surface area contributed by atoms with Crippen molar-refractivity contribution in [1.82, 2.24) is 4.90 Å². The van der Waals surface area contributed by atoms with Crippen LogP contribution in [0.3, 0.4) is 0 Å². The van der Waals surface area contributed by atoms with Crippen molar-refractivity contribution in [1.29, 1.82) is 0 Å². The van der Waals surface area contributed by atoms with Gasteiger partial charge in [0.1, 0.15) is 0 Å². The summed E-state index contributed by atoms with van der Waals surface area (Å²) >= 11 is 0. The molecule has 0 aliphatic rings. The van der Waals surface area contributed by atoms with Crippen molar-refractivity contribution in [2.75, 3.05) is 25.5 Å². The second-order valence-electron chi connectivity index (χ2n) is 6.44. The third-order valence-corrected chi connectivity index (χ3v) is 4.18. The maximum absolute atomic E-state index is 12.5. The van der Waals surface area contributed by atoms with Gasteiger partial charge in [-0.1, -0.05) is 31.2 Å². The van der Waals surface area contributed by atoms with Gasteiger partial charge >= 0.3 is 6.61 Å². The van der Waals surface area contributed by atoms with E-state index < -0.39 is 6.61 Å². The zero-order valence-corrected chi connectivity index (χ0v) is 16.4. The van der Waals surface area contributed by atoms with Gasteiger partial charge in [-0.3, -0.25) is 9.69 Å². The molecule has 0 heterocycles. The second kappa shape index (κ2) is 10.6. The molecular weight excluding hydrogens is 366 g/mol. The number of nitrogens with one attached hydrogen (secondary N) is 1. The van der Waals surface area contributed by atoms with E-state index in [2.05, 4.69) is 10.1 Å². The first-order chi connectivity index (χ1) is 13.4. The van der Waals surface area contributed by atoms with E-state index in [0.29, 0.717) is 6.54 Å². The van der Waals surface area contributed by atoms with Gasteiger partial charge in [-0.15, -0.1) is 0 Å². The van der Waals surface area contributed by atoms with Crippen LogP contribution in [0.2, 0.25) is 0 Å². The summed E-state index contributed by atoms with van der Waals surface area (Å²) in [5.41, 5.74) is 2.63. The van der Waals surface area contributed by atoms with E-state index in [0.717, 1.165) is 29.8 Å². The second-order valence-corrected chi connectivity index (χ2v) is 6.44. The highest BCUT2D eigenvalue weighted by Gasteiger charge is 2.15. The highest BCUT2D eigenvalue weighted by Crippen LogP contribution is 2.30. The summed E-state index contributed by atoms with van der Waals surface area (Å²) in [6.07, 6.45) is 0.876. The van der Waals surface area contributed by atoms with Crippen molar-refractivity contribution in [2.45, 2.75) is 33.4 Å². The monoisotopic (exact) mass is 392 g/mol. The number of ether oxygens (including phenoxy) is 2. The van der Waals surface area contributed by atoms with Gasteiger partial charge < -0.3 is 14.8 Å². The molecule has 2 aromatic carbocycles. The smallest absolute Gasteiger partial charge is 0.387 e. The molecule has 0 aromatic heterocycles. The summed E-state index contributed by atoms with van der Waals surface area (Å²) in [5.74, 6) is 0.117. The number of rotatable bonds is 10. The number of amides is 1. The van der Waals surface area contributed by atoms with Crippen LogP contribution in [0.15, 0.2) is 42.5 Å². The Labute approximate surface area is 164 Å². The van der Waals surface area contributed by atoms with Crippen molar-refractivity contribution >= 4 is 11.6 Å². The number of hydrogen-bond acceptors (Lipinski definition) is 4. The molecule has 0 saturated heterocycles. The Hall–Kier alpha value is -2.67. The zero-order chi connectivity index (χ0) is 20.5. The number of benzene rings is 2. The fourth-order valence-corrected chi connectivity index (χ4v) is 2.90. The Morgan fingerprint density at radius 2 is 1.93 bits per heavy atom. The summed E-state index contributed by atoms with van der Waals surface area (Å²) in [7, 11) is 1.40. The average molecular weight is 392 g/mol. The summed E-state index contributed by atoms with van der Waals surface area (Å²) in [6.45, 7) is 2.49. The predicted molar refractivity (Wildman–Crippen MR) is 105 cm³/mol. The van der Waals surface area contributed by atoms with Crippen LogP contribution in [-0.2, 0) is 11.3 Å². The molecule has 0 bridgehead atoms. The van der Waals surface area contributed by atoms with Gasteiger partial charge in [-0.05, 0) is 49.2 Å². The molecular formula is C21H26F2N2O3. The normalized spacial score (nSPS) is 11.0. The quantitative estimate of drug-likeness (QED) is 0.649. The predicted octanol–water partition coefficient (Wildman–Crippen LogP) is 4.46. The third-order valence-electron chi connectivity index (χ3n) is 4.18. The van der Waals surface area contributed by atoms with Crippen LogP contribution in [0.4, 0.5) is 14.5 Å². The molecule has 1 amide bonds. The lowest BCUT2D eigenvalue weighted by molar-refractivity contribution is -0.117. The Balaban J connectivity index is 2.05. The van der Waals surface area contributed by atoms with Gasteiger partial charge in [0.15, 0.2) is 11.5 Å². The van der Waals surface area contributed by atoms with E-state index in [1.165, 1.54) is 13.2 Å². The van der Waals surface area contributed by atoms with Gasteiger partial charge in [-0.25, -0.2) is 0 Å². The van der Waals surface area contributed by atoms with Crippen molar-refractivity contribution in [3.63, 3.8) is 0 Å². The minimum atomic E-state index is -2.92. The number of para-hydroxylation sites is 1. The van der Waals surface area contributed by atoms with E-state index in [1.54, 1.807) is 12.1 Å². The molecule has 2 aromatic rings. The van der Waals surface area contributed by atoms with Gasteiger partial charge in [0.25, 0.3) is 0 Å². The van der Waals surface area contributed by atoms with Gasteiger partial charge in [-0.2, -0.15) is 8.78 Å². The number of alkyl halides is 2. The molecule has 5 nitrogen and oxygen atoms in total. The lowest BCUT2D eigenvalue weighted by Gasteiger charge is -2.22. The summed E-state index contributed by atoms with van der Waals surface area (Å²) in [5, 5.41) is 2.93. The average Bonchev–Trinajstić information content (AvgIpc) is 2.64. The highest BCUT2D eigenvalue weighted by atomic mass is 19.3. The van der Waals surface area contributed by atoms with Crippen LogP contribution in [0.25, 0.3) is 0 Å². The number of aryl methyl sites for hydroxylation is 1. The van der Waals surface area contributed by atoms with Crippen LogP contribution in [0.5, 0.6) is 11.5 Å². The van der Waals surface area contributed by atoms with Crippen molar-refractivity contribution in [2.24, 2.45) is 0 Å². The molecule has 0 unspecified atom stereocenters. The molecule has 0 aliphatic heterocycles. The molecule has 0 fully saturated rings. The molecule has 0 radical (unpaired) electrons. The SMILES string of the molecule is CCCN(CC(=O)Nc1ccccc1C)Cc1ccc(OC(F)F)c(OC)c1. The fourth-order valence-electron chi connectivity index (χ4n) is 2.90. The van der Waals surface area contributed by atoms with Gasteiger partial charge in [0, 0.05) is 12.2 Å². The number of nitrogens with zero attached hydrogens (tertiary/aromatic N) is 1. The first kappa shape index (κ1) is 21.6. The molecule has 1 N–H and O–H groups in total. The lowest BCUT2D eigenvalue weighted by Crippen LogP contribution is -2.33. The molecule has 2 rings (SSSR count). The molecule has 0 spiro atoms. The standard InChI is InChI=1S/C21H26F2N2O3/c1-4-11-25(14-20(26)24-17-8-6-5-7-15(17)2)13-16-9-10-18(28-21(22)23)19(12-16)27-3/h5-10,12,21H,4,11,13-14H2,1-3H3,(H,24,26). The van der Waals surface area contributed by atoms with E-state index in [9.17, 15) is 13.6 Å². The Bertz CT molecular complexity index is 784. The summed E-state index contributed by atoms with van der Waals surface area (Å²) < 4.78 is 34.5. The van der Waals surface area contributed by atoms with Gasteiger partial charge in [0.05, 0.1) is 13.7 Å². The van der Waals surface area contributed by atoms with Crippen LogP contribution < -0.4 is 14.8 Å². The Kier molecular flexibility index (Phi) is 8.19. The minimum Gasteiger partial charge on any atom is -0.493 e. The third kappa shape index (κ3) is 6.49. The number of carbonyl (C=O) groups is 1. The minimum absolute atomic E-state index is 0.0133. The largest absolute Gasteiger partial charge is 0.493 e. The fraction of sp³-hybridized carbons (Fsp3) is 0.381. The van der Waals surface area contributed by atoms with E-state index in [4.69, 9.17) is 4.74 Å². The molecule has 0 atom stereocenters. The maximum atomic E-state index is 12.5. The van der Waals surface area contributed by atoms with Gasteiger partial charge in [0.2, 0.25) is 5.91 Å². The van der Waals surface area contributed by atoms with Crippen molar-refractivity contribution < 1.29 is 23.0 Å². The van der Waals surface area contributed by atoms with E-state index in [1.807, 2.05) is 43.0 Å². The van der Waals surface area contributed by atoms with E-state index >= 15 is 0 Å². The van der Waals surface area contributed by atoms with Crippen LogP contribution in [-0.4, -0.2) is 37.6 Å². The van der Waals surface area contributed by atoms with E-state index in [-0.39, 0.29) is 24.0 Å². The van der Waals surface area contributed by atoms with Crippen LogP contribution in [0, 0.1) is 6.92 Å². The number of anilines is 1. The number of halogens is 2. The molecule has 152 valence electrons. The molecule has 28 heavy (non-hydrogen) atoms. The van der Waals surface area contributed by atoms with Crippen LogP contribution in [0.1, 0.15) is 24.5 Å². The summed E-state index contributed by atoms with van der Waals surface area (Å²) in [6, 6.07) is 12.4. The Morgan fingerprint density at radius 3 is 2.57 bits per heavy atom. The first-order valence-electron chi connectivity index (χ1n) is 9.12. The highest BCUT2D eigenvalue weighted by molar-refractivity contribution is 5.92. The number of methoxy groups -OCH3 is 1. The molecule has 7 heteroatoms.